The van der Waals surface area contributed by atoms with Gasteiger partial charge in [0.2, 0.25) is 0 Å². The summed E-state index contributed by atoms with van der Waals surface area (Å²) in [4.78, 5) is 14.3. The summed E-state index contributed by atoms with van der Waals surface area (Å²) in [5.41, 5.74) is 1.99. The highest BCUT2D eigenvalue weighted by atomic mass is 16.5. The molecule has 0 aromatic carbocycles. The molecule has 1 atom stereocenters. The summed E-state index contributed by atoms with van der Waals surface area (Å²) < 4.78 is 7.20. The Labute approximate surface area is 142 Å². The molecule has 0 saturated carbocycles. The van der Waals surface area contributed by atoms with E-state index < -0.39 is 0 Å². The van der Waals surface area contributed by atoms with E-state index in [1.54, 1.807) is 6.20 Å². The maximum atomic E-state index is 12.4. The third-order valence-electron chi connectivity index (χ3n) is 4.79. The van der Waals surface area contributed by atoms with Gasteiger partial charge in [-0.2, -0.15) is 5.10 Å². The van der Waals surface area contributed by atoms with Crippen LogP contribution in [0.3, 0.4) is 0 Å². The maximum absolute atomic E-state index is 12.4. The van der Waals surface area contributed by atoms with Gasteiger partial charge in [0.05, 0.1) is 11.7 Å². The van der Waals surface area contributed by atoms with E-state index in [0.29, 0.717) is 12.6 Å². The summed E-state index contributed by atoms with van der Waals surface area (Å²) in [6.07, 6.45) is 5.67. The van der Waals surface area contributed by atoms with Crippen molar-refractivity contribution in [2.24, 2.45) is 0 Å². The van der Waals surface area contributed by atoms with E-state index in [2.05, 4.69) is 22.5 Å². The van der Waals surface area contributed by atoms with Crippen molar-refractivity contribution in [1.82, 2.24) is 25.2 Å². The number of carbonyl (C=O) groups excluding carboxylic acids is 1. The highest BCUT2D eigenvalue weighted by Crippen LogP contribution is 2.23. The van der Waals surface area contributed by atoms with E-state index >= 15 is 0 Å². The Morgan fingerprint density at radius 1 is 1.42 bits per heavy atom. The zero-order valence-electron chi connectivity index (χ0n) is 14.5. The minimum atomic E-state index is 0.00697. The normalized spacial score (nSPS) is 17.0. The van der Waals surface area contributed by atoms with Crippen molar-refractivity contribution in [3.63, 3.8) is 0 Å². The van der Waals surface area contributed by atoms with Crippen molar-refractivity contribution in [2.45, 2.75) is 45.6 Å². The Morgan fingerprint density at radius 3 is 2.75 bits per heavy atom. The molecular weight excluding hydrogens is 306 g/mol. The molecule has 1 aliphatic heterocycles. The molecule has 3 heterocycles. The molecule has 2 aromatic rings. The van der Waals surface area contributed by atoms with Gasteiger partial charge >= 0.3 is 6.03 Å². The molecule has 2 amide bonds. The van der Waals surface area contributed by atoms with Crippen LogP contribution in [-0.4, -0.2) is 45.5 Å². The largest absolute Gasteiger partial charge is 0.361 e. The molecule has 1 N–H and O–H groups in total. The van der Waals surface area contributed by atoms with E-state index in [1.165, 1.54) is 0 Å². The predicted octanol–water partition coefficient (Wildman–Crippen LogP) is 2.64. The molecule has 0 radical (unpaired) electrons. The van der Waals surface area contributed by atoms with Gasteiger partial charge in [-0.25, -0.2) is 4.79 Å². The Kier molecular flexibility index (Phi) is 4.87. The first kappa shape index (κ1) is 16.5. The van der Waals surface area contributed by atoms with Crippen LogP contribution in [0.5, 0.6) is 0 Å². The zero-order valence-corrected chi connectivity index (χ0v) is 14.5. The predicted molar refractivity (Wildman–Crippen MR) is 89.9 cm³/mol. The van der Waals surface area contributed by atoms with Crippen molar-refractivity contribution in [3.8, 4) is 0 Å². The van der Waals surface area contributed by atoms with Gasteiger partial charge in [-0.1, -0.05) is 12.1 Å². The molecule has 24 heavy (non-hydrogen) atoms. The second kappa shape index (κ2) is 7.07. The number of aryl methyl sites for hydroxylation is 2. The lowest BCUT2D eigenvalue weighted by atomic mass is 9.99. The van der Waals surface area contributed by atoms with Gasteiger partial charge in [0.15, 0.2) is 0 Å². The van der Waals surface area contributed by atoms with Crippen LogP contribution in [0.1, 0.15) is 48.7 Å². The van der Waals surface area contributed by atoms with Crippen molar-refractivity contribution < 1.29 is 9.32 Å². The summed E-state index contributed by atoms with van der Waals surface area (Å²) in [5, 5.41) is 11.3. The molecule has 1 aliphatic rings. The highest BCUT2D eigenvalue weighted by Gasteiger charge is 2.24. The fraction of sp³-hybridized carbons (Fsp3) is 0.588. The molecule has 1 fully saturated rings. The number of hydrogen-bond donors (Lipinski definition) is 1. The summed E-state index contributed by atoms with van der Waals surface area (Å²) >= 11 is 0. The number of rotatable bonds is 4. The number of urea groups is 1. The van der Waals surface area contributed by atoms with Gasteiger partial charge in [0.1, 0.15) is 5.76 Å². The summed E-state index contributed by atoms with van der Waals surface area (Å²) in [5.74, 6) is 1.01. The van der Waals surface area contributed by atoms with Gasteiger partial charge < -0.3 is 14.7 Å². The average molecular weight is 331 g/mol. The molecule has 1 unspecified atom stereocenters. The van der Waals surface area contributed by atoms with E-state index in [9.17, 15) is 4.79 Å². The van der Waals surface area contributed by atoms with Crippen LogP contribution >= 0.6 is 0 Å². The minimum absolute atomic E-state index is 0.00697. The Balaban J connectivity index is 1.48. The number of nitrogens with one attached hydrogen (secondary N) is 1. The van der Waals surface area contributed by atoms with E-state index in [-0.39, 0.29) is 11.9 Å². The number of likely N-dealkylation sites (tertiary alicyclic amines) is 1. The number of nitrogens with zero attached hydrogens (tertiary/aromatic N) is 4. The molecule has 0 aliphatic carbocycles. The van der Waals surface area contributed by atoms with Crippen LogP contribution in [0.4, 0.5) is 4.79 Å². The summed E-state index contributed by atoms with van der Waals surface area (Å²) in [6, 6.07) is 2.34. The van der Waals surface area contributed by atoms with Crippen molar-refractivity contribution in [1.29, 1.82) is 0 Å². The fourth-order valence-corrected chi connectivity index (χ4v) is 3.48. The van der Waals surface area contributed by atoms with Gasteiger partial charge in [-0.15, -0.1) is 0 Å². The maximum Gasteiger partial charge on any atom is 0.317 e. The first-order chi connectivity index (χ1) is 11.6. The third-order valence-corrected chi connectivity index (χ3v) is 4.79. The lowest BCUT2D eigenvalue weighted by molar-refractivity contribution is 0.168. The molecule has 2 aromatic heterocycles. The SMILES string of the molecule is Cc1noc(C)c1C(C)CNC(=O)N1CCC(n2cccn2)CC1. The molecule has 1 saturated heterocycles. The fourth-order valence-electron chi connectivity index (χ4n) is 3.48. The topological polar surface area (TPSA) is 76.2 Å². The van der Waals surface area contributed by atoms with Crippen molar-refractivity contribution >= 4 is 6.03 Å². The average Bonchev–Trinajstić information content (AvgIpc) is 3.23. The number of carbonyl (C=O) groups is 1. The van der Waals surface area contributed by atoms with Crippen LogP contribution in [0.2, 0.25) is 0 Å². The molecule has 0 bridgehead atoms. The molecule has 130 valence electrons. The zero-order chi connectivity index (χ0) is 17.1. The lowest BCUT2D eigenvalue weighted by Gasteiger charge is -2.32. The molecular formula is C17H25N5O2. The summed E-state index contributed by atoms with van der Waals surface area (Å²) in [6.45, 7) is 8.03. The van der Waals surface area contributed by atoms with Crippen LogP contribution in [0.25, 0.3) is 0 Å². The molecule has 3 rings (SSSR count). The van der Waals surface area contributed by atoms with Crippen LogP contribution < -0.4 is 5.32 Å². The van der Waals surface area contributed by atoms with E-state index in [1.807, 2.05) is 35.7 Å². The standard InChI is InChI=1S/C17H25N5O2/c1-12(16-13(2)20-24-14(16)3)11-18-17(23)21-9-5-15(6-10-21)22-8-4-7-19-22/h4,7-8,12,15H,5-6,9-11H2,1-3H3,(H,18,23). The Morgan fingerprint density at radius 2 is 2.17 bits per heavy atom. The van der Waals surface area contributed by atoms with Crippen LogP contribution in [0.15, 0.2) is 23.0 Å². The number of aromatic nitrogens is 3. The monoisotopic (exact) mass is 331 g/mol. The first-order valence-electron chi connectivity index (χ1n) is 8.51. The van der Waals surface area contributed by atoms with Gasteiger partial charge in [-0.3, -0.25) is 4.68 Å². The number of amides is 2. The summed E-state index contributed by atoms with van der Waals surface area (Å²) in [7, 11) is 0. The van der Waals surface area contributed by atoms with Crippen LogP contribution in [-0.2, 0) is 0 Å². The highest BCUT2D eigenvalue weighted by molar-refractivity contribution is 5.74. The molecule has 7 nitrogen and oxygen atoms in total. The van der Waals surface area contributed by atoms with E-state index in [0.717, 1.165) is 42.9 Å². The second-order valence-electron chi connectivity index (χ2n) is 6.53. The third kappa shape index (κ3) is 3.44. The lowest BCUT2D eigenvalue weighted by Crippen LogP contribution is -2.45. The minimum Gasteiger partial charge on any atom is -0.361 e. The van der Waals surface area contributed by atoms with Gasteiger partial charge in [-0.05, 0) is 32.8 Å². The number of hydrogen-bond acceptors (Lipinski definition) is 4. The van der Waals surface area contributed by atoms with Crippen molar-refractivity contribution in [3.05, 3.63) is 35.5 Å². The smallest absolute Gasteiger partial charge is 0.317 e. The Hall–Kier alpha value is -2.31. The number of piperidine rings is 1. The Bertz CT molecular complexity index is 652. The van der Waals surface area contributed by atoms with E-state index in [4.69, 9.17) is 4.52 Å². The quantitative estimate of drug-likeness (QED) is 0.934. The molecule has 7 heteroatoms. The molecule has 0 spiro atoms. The van der Waals surface area contributed by atoms with Gasteiger partial charge in [0.25, 0.3) is 0 Å². The van der Waals surface area contributed by atoms with Crippen molar-refractivity contribution in [2.75, 3.05) is 19.6 Å². The van der Waals surface area contributed by atoms with Crippen LogP contribution in [0, 0.1) is 13.8 Å². The first-order valence-corrected chi connectivity index (χ1v) is 8.51. The van der Waals surface area contributed by atoms with Gasteiger partial charge in [0, 0.05) is 43.5 Å². The second-order valence-corrected chi connectivity index (χ2v) is 6.53.